The molecule has 0 aromatic heterocycles. The molecule has 25 heavy (non-hydrogen) atoms. The molecular formula is C20H21NO4. The number of esters is 1. The summed E-state index contributed by atoms with van der Waals surface area (Å²) in [4.78, 5) is 23.9. The van der Waals surface area contributed by atoms with Gasteiger partial charge < -0.3 is 14.8 Å². The van der Waals surface area contributed by atoms with Gasteiger partial charge in [-0.2, -0.15) is 0 Å². The normalized spacial score (nSPS) is 19.6. The predicted molar refractivity (Wildman–Crippen MR) is 94.4 cm³/mol. The molecule has 0 heterocycles. The van der Waals surface area contributed by atoms with E-state index in [2.05, 4.69) is 5.32 Å². The van der Waals surface area contributed by atoms with Crippen molar-refractivity contribution in [2.45, 2.75) is 26.4 Å². The van der Waals surface area contributed by atoms with Gasteiger partial charge in [-0.15, -0.1) is 0 Å². The van der Waals surface area contributed by atoms with Gasteiger partial charge in [-0.3, -0.25) is 9.59 Å². The summed E-state index contributed by atoms with van der Waals surface area (Å²) >= 11 is 0. The second-order valence-electron chi connectivity index (χ2n) is 6.33. The Balaban J connectivity index is 1.52. The maximum absolute atomic E-state index is 12.1. The average molecular weight is 339 g/mol. The largest absolute Gasteiger partial charge is 0.457 e. The second kappa shape index (κ2) is 7.38. The van der Waals surface area contributed by atoms with Crippen molar-refractivity contribution in [1.29, 1.82) is 0 Å². The molecule has 2 aromatic rings. The molecular weight excluding hydrogens is 318 g/mol. The van der Waals surface area contributed by atoms with Crippen molar-refractivity contribution in [3.05, 3.63) is 54.6 Å². The third-order valence-corrected chi connectivity index (χ3v) is 4.18. The zero-order chi connectivity index (χ0) is 17.8. The molecule has 1 saturated carbocycles. The fraction of sp³-hybridized carbons (Fsp3) is 0.300. The first-order chi connectivity index (χ1) is 12.0. The van der Waals surface area contributed by atoms with Gasteiger partial charge in [-0.25, -0.2) is 0 Å². The molecule has 5 heteroatoms. The van der Waals surface area contributed by atoms with Gasteiger partial charge in [-0.05, 0) is 55.7 Å². The SMILES string of the molecule is C[C@H](OC(=O)[C@@H]1C[C@@H]1C)C(=O)Nc1ccc(Oc2ccccc2)cc1. The van der Waals surface area contributed by atoms with Crippen LogP contribution in [0, 0.1) is 11.8 Å². The minimum Gasteiger partial charge on any atom is -0.457 e. The van der Waals surface area contributed by atoms with Crippen LogP contribution >= 0.6 is 0 Å². The lowest BCUT2D eigenvalue weighted by Crippen LogP contribution is -2.30. The van der Waals surface area contributed by atoms with Crippen LogP contribution in [0.4, 0.5) is 5.69 Å². The number of hydrogen-bond donors (Lipinski definition) is 1. The zero-order valence-corrected chi connectivity index (χ0v) is 14.3. The number of nitrogens with one attached hydrogen (secondary N) is 1. The molecule has 0 saturated heterocycles. The van der Waals surface area contributed by atoms with Crippen LogP contribution in [0.1, 0.15) is 20.3 Å². The minimum atomic E-state index is -0.819. The molecule has 1 amide bonds. The van der Waals surface area contributed by atoms with E-state index in [1.54, 1.807) is 31.2 Å². The number of amides is 1. The van der Waals surface area contributed by atoms with Crippen LogP contribution in [0.2, 0.25) is 0 Å². The Morgan fingerprint density at radius 1 is 1.04 bits per heavy atom. The lowest BCUT2D eigenvalue weighted by molar-refractivity contribution is -0.154. The van der Waals surface area contributed by atoms with E-state index in [0.29, 0.717) is 17.4 Å². The molecule has 0 spiro atoms. The molecule has 0 bridgehead atoms. The van der Waals surface area contributed by atoms with E-state index >= 15 is 0 Å². The number of ether oxygens (including phenoxy) is 2. The van der Waals surface area contributed by atoms with Crippen molar-refractivity contribution < 1.29 is 19.1 Å². The Hall–Kier alpha value is -2.82. The first-order valence-corrected chi connectivity index (χ1v) is 8.37. The van der Waals surface area contributed by atoms with Crippen molar-refractivity contribution in [3.63, 3.8) is 0 Å². The standard InChI is InChI=1S/C20H21NO4/c1-13-12-18(13)20(23)24-14(2)19(22)21-15-8-10-17(11-9-15)25-16-6-4-3-5-7-16/h3-11,13-14,18H,12H2,1-2H3,(H,21,22)/t13-,14-,18+/m0/s1. The number of anilines is 1. The summed E-state index contributed by atoms with van der Waals surface area (Å²) in [5, 5.41) is 2.74. The molecule has 3 atom stereocenters. The summed E-state index contributed by atoms with van der Waals surface area (Å²) < 4.78 is 10.9. The quantitative estimate of drug-likeness (QED) is 0.808. The molecule has 0 unspecified atom stereocenters. The van der Waals surface area contributed by atoms with Crippen LogP contribution < -0.4 is 10.1 Å². The number of hydrogen-bond acceptors (Lipinski definition) is 4. The highest BCUT2D eigenvalue weighted by Crippen LogP contribution is 2.38. The Kier molecular flexibility index (Phi) is 5.03. The summed E-state index contributed by atoms with van der Waals surface area (Å²) in [7, 11) is 0. The molecule has 3 rings (SSSR count). The van der Waals surface area contributed by atoms with Crippen molar-refractivity contribution >= 4 is 17.6 Å². The highest BCUT2D eigenvalue weighted by molar-refractivity contribution is 5.95. The predicted octanol–water partition coefficient (Wildman–Crippen LogP) is 4.01. The molecule has 0 aliphatic heterocycles. The molecule has 1 N–H and O–H groups in total. The summed E-state index contributed by atoms with van der Waals surface area (Å²) in [5.74, 6) is 1.09. The number of carbonyl (C=O) groups is 2. The van der Waals surface area contributed by atoms with Crippen LogP contribution in [-0.4, -0.2) is 18.0 Å². The van der Waals surface area contributed by atoms with E-state index in [0.717, 1.165) is 12.2 Å². The fourth-order valence-corrected chi connectivity index (χ4v) is 2.44. The summed E-state index contributed by atoms with van der Waals surface area (Å²) in [6.07, 6.45) is 0.0244. The van der Waals surface area contributed by atoms with E-state index in [1.807, 2.05) is 37.3 Å². The van der Waals surface area contributed by atoms with Gasteiger partial charge in [0, 0.05) is 5.69 Å². The number of benzene rings is 2. The first kappa shape index (κ1) is 17.0. The number of para-hydroxylation sites is 1. The van der Waals surface area contributed by atoms with E-state index in [4.69, 9.17) is 9.47 Å². The van der Waals surface area contributed by atoms with Gasteiger partial charge in [0.2, 0.25) is 0 Å². The molecule has 130 valence electrons. The summed E-state index contributed by atoms with van der Waals surface area (Å²) in [5.41, 5.74) is 0.619. The van der Waals surface area contributed by atoms with E-state index in [1.165, 1.54) is 0 Å². The molecule has 0 radical (unpaired) electrons. The van der Waals surface area contributed by atoms with E-state index in [-0.39, 0.29) is 17.8 Å². The van der Waals surface area contributed by atoms with Gasteiger partial charge in [0.1, 0.15) is 11.5 Å². The molecule has 1 aliphatic rings. The van der Waals surface area contributed by atoms with Crippen molar-refractivity contribution in [2.75, 3.05) is 5.32 Å². The van der Waals surface area contributed by atoms with Crippen LogP contribution in [-0.2, 0) is 14.3 Å². The second-order valence-corrected chi connectivity index (χ2v) is 6.33. The first-order valence-electron chi connectivity index (χ1n) is 8.37. The molecule has 5 nitrogen and oxygen atoms in total. The van der Waals surface area contributed by atoms with Crippen LogP contribution in [0.5, 0.6) is 11.5 Å². The van der Waals surface area contributed by atoms with Crippen molar-refractivity contribution in [1.82, 2.24) is 0 Å². The Bertz CT molecular complexity index is 742. The van der Waals surface area contributed by atoms with Gasteiger partial charge in [0.15, 0.2) is 6.10 Å². The monoisotopic (exact) mass is 339 g/mol. The van der Waals surface area contributed by atoms with E-state index in [9.17, 15) is 9.59 Å². The maximum atomic E-state index is 12.1. The average Bonchev–Trinajstić information content (AvgIpc) is 3.34. The molecule has 2 aromatic carbocycles. The Morgan fingerprint density at radius 3 is 2.24 bits per heavy atom. The Morgan fingerprint density at radius 2 is 1.64 bits per heavy atom. The van der Waals surface area contributed by atoms with Gasteiger partial charge in [0.25, 0.3) is 5.91 Å². The van der Waals surface area contributed by atoms with Crippen LogP contribution in [0.15, 0.2) is 54.6 Å². The molecule has 1 fully saturated rings. The van der Waals surface area contributed by atoms with E-state index < -0.39 is 6.10 Å². The summed E-state index contributed by atoms with van der Waals surface area (Å²) in [6, 6.07) is 16.5. The summed E-state index contributed by atoms with van der Waals surface area (Å²) in [6.45, 7) is 3.57. The van der Waals surface area contributed by atoms with Crippen molar-refractivity contribution in [3.8, 4) is 11.5 Å². The van der Waals surface area contributed by atoms with Gasteiger partial charge >= 0.3 is 5.97 Å². The minimum absolute atomic E-state index is 0.0512. The Labute approximate surface area is 147 Å². The van der Waals surface area contributed by atoms with Crippen LogP contribution in [0.3, 0.4) is 0 Å². The fourth-order valence-electron chi connectivity index (χ4n) is 2.44. The highest BCUT2D eigenvalue weighted by Gasteiger charge is 2.41. The third kappa shape index (κ3) is 4.59. The van der Waals surface area contributed by atoms with Crippen molar-refractivity contribution in [2.24, 2.45) is 11.8 Å². The highest BCUT2D eigenvalue weighted by atomic mass is 16.5. The number of carbonyl (C=O) groups excluding carboxylic acids is 2. The number of rotatable bonds is 6. The smallest absolute Gasteiger partial charge is 0.309 e. The third-order valence-electron chi connectivity index (χ3n) is 4.18. The molecule has 1 aliphatic carbocycles. The van der Waals surface area contributed by atoms with Gasteiger partial charge in [0.05, 0.1) is 5.92 Å². The lowest BCUT2D eigenvalue weighted by atomic mass is 10.2. The zero-order valence-electron chi connectivity index (χ0n) is 14.3. The van der Waals surface area contributed by atoms with Crippen LogP contribution in [0.25, 0.3) is 0 Å². The topological polar surface area (TPSA) is 64.6 Å². The lowest BCUT2D eigenvalue weighted by Gasteiger charge is -2.14. The van der Waals surface area contributed by atoms with Gasteiger partial charge in [-0.1, -0.05) is 25.1 Å². The maximum Gasteiger partial charge on any atom is 0.309 e.